The van der Waals surface area contributed by atoms with E-state index >= 15 is 0 Å². The Morgan fingerprint density at radius 1 is 0.946 bits per heavy atom. The smallest absolute Gasteiger partial charge is 0.410 e. The Morgan fingerprint density at radius 3 is 2.49 bits per heavy atom. The summed E-state index contributed by atoms with van der Waals surface area (Å²) in [4.78, 5) is 29.1. The lowest BCUT2D eigenvalue weighted by molar-refractivity contribution is 0.00359. The second kappa shape index (κ2) is 11.9. The van der Waals surface area contributed by atoms with Crippen molar-refractivity contribution < 1.29 is 23.8 Å². The lowest BCUT2D eigenvalue weighted by Crippen LogP contribution is -2.44. The number of amides is 2. The first-order valence-corrected chi connectivity index (χ1v) is 13.4. The zero-order chi connectivity index (χ0) is 26.4. The lowest BCUT2D eigenvalue weighted by atomic mass is 9.90. The molecule has 2 amide bonds. The van der Waals surface area contributed by atoms with Crippen molar-refractivity contribution in [2.45, 2.75) is 65.2 Å². The normalized spacial score (nSPS) is 22.0. The molecule has 2 aliphatic rings. The van der Waals surface area contributed by atoms with E-state index in [1.54, 1.807) is 4.90 Å². The number of hydrogen-bond acceptors (Lipinski definition) is 5. The number of rotatable bonds is 6. The Morgan fingerprint density at radius 2 is 1.73 bits per heavy atom. The van der Waals surface area contributed by atoms with Gasteiger partial charge in [-0.25, -0.2) is 9.59 Å². The van der Waals surface area contributed by atoms with Crippen molar-refractivity contribution in [1.29, 1.82) is 0 Å². The van der Waals surface area contributed by atoms with E-state index in [1.807, 2.05) is 74.2 Å². The van der Waals surface area contributed by atoms with Gasteiger partial charge in [0.05, 0.1) is 12.6 Å². The summed E-state index contributed by atoms with van der Waals surface area (Å²) in [5.41, 5.74) is 1.51. The molecule has 2 saturated heterocycles. The van der Waals surface area contributed by atoms with Crippen molar-refractivity contribution in [2.24, 2.45) is 11.8 Å². The third-order valence-corrected chi connectivity index (χ3v) is 6.92. The van der Waals surface area contributed by atoms with Crippen LogP contribution in [-0.2, 0) is 16.1 Å². The average molecular weight is 509 g/mol. The summed E-state index contributed by atoms with van der Waals surface area (Å²) in [6, 6.07) is 17.7. The summed E-state index contributed by atoms with van der Waals surface area (Å²) in [7, 11) is 0. The Bertz CT molecular complexity index is 1050. The van der Waals surface area contributed by atoms with Crippen LogP contribution >= 0.6 is 0 Å². The fourth-order valence-corrected chi connectivity index (χ4v) is 4.99. The molecule has 2 aromatic carbocycles. The molecule has 0 bridgehead atoms. The average Bonchev–Trinajstić information content (AvgIpc) is 3.35. The van der Waals surface area contributed by atoms with Crippen molar-refractivity contribution >= 4 is 12.2 Å². The molecule has 2 fully saturated rings. The second-order valence-corrected chi connectivity index (χ2v) is 11.4. The summed E-state index contributed by atoms with van der Waals surface area (Å²) in [5.74, 6) is 1.47. The zero-order valence-electron chi connectivity index (χ0n) is 22.5. The van der Waals surface area contributed by atoms with E-state index in [1.165, 1.54) is 0 Å². The molecule has 2 heterocycles. The van der Waals surface area contributed by atoms with E-state index in [0.29, 0.717) is 32.2 Å². The van der Waals surface area contributed by atoms with Crippen LogP contribution in [0, 0.1) is 11.8 Å². The summed E-state index contributed by atoms with van der Waals surface area (Å²) < 4.78 is 17.3. The molecule has 0 radical (unpaired) electrons. The van der Waals surface area contributed by atoms with E-state index in [2.05, 4.69) is 13.0 Å². The van der Waals surface area contributed by atoms with E-state index in [9.17, 15) is 9.59 Å². The number of hydrogen-bond donors (Lipinski definition) is 0. The second-order valence-electron chi connectivity index (χ2n) is 11.4. The highest BCUT2D eigenvalue weighted by atomic mass is 16.6. The maximum Gasteiger partial charge on any atom is 0.410 e. The Hall–Kier alpha value is -3.22. The van der Waals surface area contributed by atoms with E-state index in [0.717, 1.165) is 36.1 Å². The molecular formula is C30H40N2O5. The maximum atomic E-state index is 13.0. The molecule has 2 aliphatic heterocycles. The van der Waals surface area contributed by atoms with Crippen LogP contribution < -0.4 is 4.74 Å². The molecule has 4 rings (SSSR count). The fourth-order valence-electron chi connectivity index (χ4n) is 4.99. The van der Waals surface area contributed by atoms with Gasteiger partial charge in [-0.05, 0) is 69.2 Å². The van der Waals surface area contributed by atoms with Gasteiger partial charge in [-0.3, -0.25) is 0 Å². The van der Waals surface area contributed by atoms with Gasteiger partial charge < -0.3 is 24.0 Å². The van der Waals surface area contributed by atoms with Gasteiger partial charge in [0.25, 0.3) is 0 Å². The lowest BCUT2D eigenvalue weighted by Gasteiger charge is -2.39. The van der Waals surface area contributed by atoms with E-state index < -0.39 is 5.60 Å². The minimum absolute atomic E-state index is 0.0315. The van der Waals surface area contributed by atoms with Crippen LogP contribution in [0.5, 0.6) is 5.75 Å². The number of ether oxygens (including phenoxy) is 3. The highest BCUT2D eigenvalue weighted by molar-refractivity contribution is 5.69. The largest absolute Gasteiger partial charge is 0.493 e. The molecular weight excluding hydrogens is 468 g/mol. The summed E-state index contributed by atoms with van der Waals surface area (Å²) in [6.45, 7) is 10.7. The first-order valence-electron chi connectivity index (χ1n) is 13.4. The fraction of sp³-hybridized carbons (Fsp3) is 0.533. The van der Waals surface area contributed by atoms with Gasteiger partial charge in [0, 0.05) is 25.6 Å². The predicted molar refractivity (Wildman–Crippen MR) is 142 cm³/mol. The van der Waals surface area contributed by atoms with Crippen LogP contribution in [-0.4, -0.2) is 53.8 Å². The highest BCUT2D eigenvalue weighted by Crippen LogP contribution is 2.35. The van der Waals surface area contributed by atoms with E-state index in [4.69, 9.17) is 14.2 Å². The van der Waals surface area contributed by atoms with Crippen molar-refractivity contribution in [3.8, 4) is 5.75 Å². The maximum absolute atomic E-state index is 13.0. The summed E-state index contributed by atoms with van der Waals surface area (Å²) in [5, 5.41) is 0. The van der Waals surface area contributed by atoms with Crippen LogP contribution in [0.1, 0.15) is 64.1 Å². The topological polar surface area (TPSA) is 68.3 Å². The summed E-state index contributed by atoms with van der Waals surface area (Å²) in [6.07, 6.45) is 2.30. The molecule has 3 atom stereocenters. The van der Waals surface area contributed by atoms with Crippen molar-refractivity contribution in [3.63, 3.8) is 0 Å². The molecule has 2 aromatic rings. The molecule has 0 N–H and O–H groups in total. The minimum atomic E-state index is -0.531. The van der Waals surface area contributed by atoms with Gasteiger partial charge in [0.2, 0.25) is 0 Å². The number of likely N-dealkylation sites (tertiary alicyclic amines) is 2. The number of benzene rings is 2. The van der Waals surface area contributed by atoms with E-state index in [-0.39, 0.29) is 30.8 Å². The zero-order valence-corrected chi connectivity index (χ0v) is 22.5. The number of nitrogens with zero attached hydrogens (tertiary/aromatic N) is 2. The van der Waals surface area contributed by atoms with Crippen LogP contribution in [0.15, 0.2) is 54.6 Å². The quantitative estimate of drug-likeness (QED) is 0.450. The Kier molecular flexibility index (Phi) is 8.62. The van der Waals surface area contributed by atoms with Gasteiger partial charge in [0.15, 0.2) is 0 Å². The van der Waals surface area contributed by atoms with Crippen LogP contribution in [0.3, 0.4) is 0 Å². The van der Waals surface area contributed by atoms with Crippen LogP contribution in [0.4, 0.5) is 9.59 Å². The summed E-state index contributed by atoms with van der Waals surface area (Å²) >= 11 is 0. The standard InChI is InChI=1S/C30H40N2O5/c1-22-13-14-27(32(18-22)29(34)37-30(2,3)4)25-11-8-12-26(17-25)35-21-24-15-16-31(19-24)28(33)36-20-23-9-6-5-7-10-23/h5-12,17,22,24,27H,13-16,18-21H2,1-4H3/t22-,24+,27+/m0/s1. The van der Waals surface area contributed by atoms with Gasteiger partial charge in [-0.1, -0.05) is 49.4 Å². The van der Waals surface area contributed by atoms with Gasteiger partial charge in [0.1, 0.15) is 18.0 Å². The van der Waals surface area contributed by atoms with Gasteiger partial charge in [-0.2, -0.15) is 0 Å². The number of carbonyl (C=O) groups is 2. The molecule has 7 nitrogen and oxygen atoms in total. The molecule has 200 valence electrons. The van der Waals surface area contributed by atoms with Gasteiger partial charge >= 0.3 is 12.2 Å². The molecule has 0 spiro atoms. The molecule has 7 heteroatoms. The SMILES string of the molecule is C[C@H]1CC[C@H](c2cccc(OC[C@@H]3CCN(C(=O)OCc4ccccc4)C3)c2)N(C(=O)OC(C)(C)C)C1. The molecule has 0 aliphatic carbocycles. The van der Waals surface area contributed by atoms with Crippen LogP contribution in [0.2, 0.25) is 0 Å². The number of carbonyl (C=O) groups excluding carboxylic acids is 2. The van der Waals surface area contributed by atoms with Crippen molar-refractivity contribution in [2.75, 3.05) is 26.2 Å². The molecule has 0 aromatic heterocycles. The molecule has 0 unspecified atom stereocenters. The predicted octanol–water partition coefficient (Wildman–Crippen LogP) is 6.43. The van der Waals surface area contributed by atoms with Gasteiger partial charge in [-0.15, -0.1) is 0 Å². The third kappa shape index (κ3) is 7.63. The molecule has 37 heavy (non-hydrogen) atoms. The minimum Gasteiger partial charge on any atom is -0.493 e. The van der Waals surface area contributed by atoms with Crippen molar-refractivity contribution in [1.82, 2.24) is 9.80 Å². The van der Waals surface area contributed by atoms with Crippen molar-refractivity contribution in [3.05, 3.63) is 65.7 Å². The monoisotopic (exact) mass is 508 g/mol. The Balaban J connectivity index is 1.31. The first kappa shape index (κ1) is 26.8. The first-order chi connectivity index (χ1) is 17.7. The molecule has 0 saturated carbocycles. The Labute approximate surface area is 220 Å². The number of piperidine rings is 1. The van der Waals surface area contributed by atoms with Crippen LogP contribution in [0.25, 0.3) is 0 Å². The highest BCUT2D eigenvalue weighted by Gasteiger charge is 2.34. The third-order valence-electron chi connectivity index (χ3n) is 6.92.